The molecule has 7 heteroatoms. The Balaban J connectivity index is 1.45. The van der Waals surface area contributed by atoms with Crippen LogP contribution in [0.4, 0.5) is 0 Å². The number of fused-ring (bicyclic) bond motifs is 1. The van der Waals surface area contributed by atoms with Crippen LogP contribution in [0.15, 0.2) is 42.5 Å². The van der Waals surface area contributed by atoms with E-state index in [0.29, 0.717) is 18.7 Å². The van der Waals surface area contributed by atoms with Crippen LogP contribution in [0.5, 0.6) is 0 Å². The third kappa shape index (κ3) is 5.07. The summed E-state index contributed by atoms with van der Waals surface area (Å²) in [5.41, 5.74) is 0.457. The van der Waals surface area contributed by atoms with Crippen molar-refractivity contribution < 1.29 is 23.9 Å². The molecule has 2 atom stereocenters. The van der Waals surface area contributed by atoms with E-state index in [0.717, 1.165) is 10.8 Å². The maximum absolute atomic E-state index is 12.2. The zero-order valence-electron chi connectivity index (χ0n) is 16.0. The molecular weight excluding hydrogens is 360 g/mol. The van der Waals surface area contributed by atoms with Crippen LogP contribution in [0.1, 0.15) is 24.2 Å². The Morgan fingerprint density at radius 2 is 1.75 bits per heavy atom. The molecule has 0 aliphatic carbocycles. The molecule has 0 bridgehead atoms. The number of carbonyl (C=O) groups is 3. The fourth-order valence-electron chi connectivity index (χ4n) is 3.25. The van der Waals surface area contributed by atoms with Gasteiger partial charge in [0, 0.05) is 18.7 Å². The summed E-state index contributed by atoms with van der Waals surface area (Å²) < 4.78 is 10.6. The molecule has 1 N–H and O–H groups in total. The second-order valence-electron chi connectivity index (χ2n) is 6.96. The molecule has 2 amide bonds. The van der Waals surface area contributed by atoms with Gasteiger partial charge in [0.2, 0.25) is 0 Å². The maximum Gasteiger partial charge on any atom is 0.325 e. The van der Waals surface area contributed by atoms with Gasteiger partial charge in [0.1, 0.15) is 6.54 Å². The van der Waals surface area contributed by atoms with Crippen molar-refractivity contribution in [1.29, 1.82) is 0 Å². The first-order valence-corrected chi connectivity index (χ1v) is 9.28. The van der Waals surface area contributed by atoms with Crippen molar-refractivity contribution in [2.24, 2.45) is 0 Å². The van der Waals surface area contributed by atoms with Crippen LogP contribution >= 0.6 is 0 Å². The lowest BCUT2D eigenvalue weighted by Crippen LogP contribution is -2.49. The number of hydrogen-bond acceptors (Lipinski definition) is 5. The molecule has 1 heterocycles. The number of benzene rings is 2. The van der Waals surface area contributed by atoms with Crippen molar-refractivity contribution in [1.82, 2.24) is 10.2 Å². The number of esters is 1. The molecule has 0 aromatic heterocycles. The van der Waals surface area contributed by atoms with E-state index in [1.807, 2.05) is 44.2 Å². The van der Waals surface area contributed by atoms with Gasteiger partial charge in [0.15, 0.2) is 6.61 Å². The van der Waals surface area contributed by atoms with E-state index < -0.39 is 5.97 Å². The monoisotopic (exact) mass is 384 g/mol. The Hall–Kier alpha value is -2.93. The number of nitrogens with zero attached hydrogens (tertiary/aromatic N) is 1. The van der Waals surface area contributed by atoms with Crippen molar-refractivity contribution in [2.45, 2.75) is 26.1 Å². The van der Waals surface area contributed by atoms with Crippen LogP contribution in [0.2, 0.25) is 0 Å². The molecule has 28 heavy (non-hydrogen) atoms. The number of morpholine rings is 1. The summed E-state index contributed by atoms with van der Waals surface area (Å²) in [7, 11) is 0. The first-order valence-electron chi connectivity index (χ1n) is 9.28. The van der Waals surface area contributed by atoms with Crippen molar-refractivity contribution >= 4 is 28.6 Å². The van der Waals surface area contributed by atoms with Crippen LogP contribution in [0.25, 0.3) is 10.8 Å². The summed E-state index contributed by atoms with van der Waals surface area (Å²) in [6.45, 7) is 4.09. The Morgan fingerprint density at radius 3 is 2.46 bits per heavy atom. The standard InChI is InChI=1S/C21H24N2O5/c1-14-11-23(12-15(2)28-14)19(24)13-27-20(25)10-22-21(26)18-8-7-16-5-3-4-6-17(16)9-18/h3-9,14-15H,10-13H2,1-2H3,(H,22,26)/t14-,15-/m0/s1. The van der Waals surface area contributed by atoms with Gasteiger partial charge in [0.25, 0.3) is 11.8 Å². The lowest BCUT2D eigenvalue weighted by Gasteiger charge is -2.35. The zero-order chi connectivity index (χ0) is 20.1. The summed E-state index contributed by atoms with van der Waals surface area (Å²) in [5.74, 6) is -1.29. The van der Waals surface area contributed by atoms with Gasteiger partial charge in [0.05, 0.1) is 12.2 Å². The molecule has 0 spiro atoms. The summed E-state index contributed by atoms with van der Waals surface area (Å²) >= 11 is 0. The molecule has 1 saturated heterocycles. The number of ether oxygens (including phenoxy) is 2. The van der Waals surface area contributed by atoms with Gasteiger partial charge in [-0.1, -0.05) is 30.3 Å². The first-order chi connectivity index (χ1) is 13.4. The average molecular weight is 384 g/mol. The third-order valence-corrected chi connectivity index (χ3v) is 4.53. The smallest absolute Gasteiger partial charge is 0.325 e. The SMILES string of the molecule is C[C@H]1CN(C(=O)COC(=O)CNC(=O)c2ccc3ccccc3c2)C[C@H](C)O1. The Kier molecular flexibility index (Phi) is 6.26. The summed E-state index contributed by atoms with van der Waals surface area (Å²) in [6.07, 6.45) is -0.103. The number of hydrogen-bond donors (Lipinski definition) is 1. The van der Waals surface area contributed by atoms with Gasteiger partial charge in [-0.25, -0.2) is 0 Å². The topological polar surface area (TPSA) is 84.9 Å². The van der Waals surface area contributed by atoms with Crippen molar-refractivity contribution in [3.63, 3.8) is 0 Å². The molecule has 0 unspecified atom stereocenters. The number of amides is 2. The molecule has 1 aliphatic heterocycles. The van der Waals surface area contributed by atoms with E-state index in [9.17, 15) is 14.4 Å². The molecule has 1 aliphatic rings. The van der Waals surface area contributed by atoms with Crippen molar-refractivity contribution in [2.75, 3.05) is 26.2 Å². The Bertz CT molecular complexity index is 872. The molecule has 2 aromatic rings. The second-order valence-corrected chi connectivity index (χ2v) is 6.96. The van der Waals surface area contributed by atoms with Crippen LogP contribution in [0, 0.1) is 0 Å². The van der Waals surface area contributed by atoms with Crippen LogP contribution in [0.3, 0.4) is 0 Å². The molecule has 3 rings (SSSR count). The van der Waals surface area contributed by atoms with E-state index in [-0.39, 0.29) is 37.2 Å². The van der Waals surface area contributed by atoms with Gasteiger partial charge in [-0.05, 0) is 36.8 Å². The van der Waals surface area contributed by atoms with E-state index in [1.54, 1.807) is 17.0 Å². The number of nitrogens with one attached hydrogen (secondary N) is 1. The predicted molar refractivity (Wildman–Crippen MR) is 104 cm³/mol. The van der Waals surface area contributed by atoms with Gasteiger partial charge < -0.3 is 19.7 Å². The zero-order valence-corrected chi connectivity index (χ0v) is 16.0. The lowest BCUT2D eigenvalue weighted by molar-refractivity contribution is -0.156. The predicted octanol–water partition coefficient (Wildman–Crippen LogP) is 1.75. The highest BCUT2D eigenvalue weighted by Crippen LogP contribution is 2.15. The highest BCUT2D eigenvalue weighted by molar-refractivity contribution is 5.99. The van der Waals surface area contributed by atoms with Crippen LogP contribution in [-0.2, 0) is 19.1 Å². The van der Waals surface area contributed by atoms with E-state index in [4.69, 9.17) is 9.47 Å². The fourth-order valence-corrected chi connectivity index (χ4v) is 3.25. The first kappa shape index (κ1) is 19.8. The van der Waals surface area contributed by atoms with E-state index >= 15 is 0 Å². The Morgan fingerprint density at radius 1 is 1.07 bits per heavy atom. The molecule has 148 valence electrons. The van der Waals surface area contributed by atoms with Gasteiger partial charge in [-0.3, -0.25) is 14.4 Å². The van der Waals surface area contributed by atoms with Crippen LogP contribution in [-0.4, -0.2) is 61.1 Å². The molecule has 0 radical (unpaired) electrons. The molecule has 2 aromatic carbocycles. The van der Waals surface area contributed by atoms with E-state index in [1.165, 1.54) is 0 Å². The summed E-state index contributed by atoms with van der Waals surface area (Å²) in [5, 5.41) is 4.50. The largest absolute Gasteiger partial charge is 0.454 e. The molecule has 1 fully saturated rings. The molecule has 7 nitrogen and oxygen atoms in total. The minimum atomic E-state index is -0.656. The quantitative estimate of drug-likeness (QED) is 0.794. The Labute approximate surface area is 163 Å². The summed E-state index contributed by atoms with van der Waals surface area (Å²) in [6, 6.07) is 13.0. The number of rotatable bonds is 5. The van der Waals surface area contributed by atoms with E-state index in [2.05, 4.69) is 5.32 Å². The van der Waals surface area contributed by atoms with Crippen molar-refractivity contribution in [3.05, 3.63) is 48.0 Å². The third-order valence-electron chi connectivity index (χ3n) is 4.53. The highest BCUT2D eigenvalue weighted by Gasteiger charge is 2.26. The maximum atomic E-state index is 12.2. The fraction of sp³-hybridized carbons (Fsp3) is 0.381. The van der Waals surface area contributed by atoms with Gasteiger partial charge in [-0.15, -0.1) is 0 Å². The average Bonchev–Trinajstić information content (AvgIpc) is 2.69. The highest BCUT2D eigenvalue weighted by atomic mass is 16.5. The summed E-state index contributed by atoms with van der Waals surface area (Å²) in [4.78, 5) is 37.9. The second kappa shape index (κ2) is 8.84. The lowest BCUT2D eigenvalue weighted by atomic mass is 10.1. The normalized spacial score (nSPS) is 19.3. The minimum absolute atomic E-state index is 0.0513. The molecular formula is C21H24N2O5. The number of carbonyl (C=O) groups excluding carboxylic acids is 3. The molecule has 0 saturated carbocycles. The van der Waals surface area contributed by atoms with Gasteiger partial charge >= 0.3 is 5.97 Å². The minimum Gasteiger partial charge on any atom is -0.454 e. The van der Waals surface area contributed by atoms with Crippen LogP contribution < -0.4 is 5.32 Å². The van der Waals surface area contributed by atoms with Crippen molar-refractivity contribution in [3.8, 4) is 0 Å². The van der Waals surface area contributed by atoms with Gasteiger partial charge in [-0.2, -0.15) is 0 Å².